The molecule has 0 spiro atoms. The SMILES string of the molecule is O=C(NCCNc1ccc(C(F)(F)F)cc1[N+](=O)[O-])c1cccc(NC(=O)c2cccs2)c1. The lowest BCUT2D eigenvalue weighted by Crippen LogP contribution is -2.29. The highest BCUT2D eigenvalue weighted by Crippen LogP contribution is 2.34. The zero-order valence-electron chi connectivity index (χ0n) is 16.8. The normalized spacial score (nSPS) is 11.0. The van der Waals surface area contributed by atoms with Crippen molar-refractivity contribution in [1.82, 2.24) is 5.32 Å². The van der Waals surface area contributed by atoms with Crippen LogP contribution in [0.5, 0.6) is 0 Å². The van der Waals surface area contributed by atoms with E-state index in [1.807, 2.05) is 0 Å². The molecule has 33 heavy (non-hydrogen) atoms. The Morgan fingerprint density at radius 3 is 2.45 bits per heavy atom. The molecule has 0 fully saturated rings. The molecule has 0 aliphatic carbocycles. The van der Waals surface area contributed by atoms with Gasteiger partial charge in [0, 0.05) is 30.4 Å². The maximum atomic E-state index is 12.8. The smallest absolute Gasteiger partial charge is 0.378 e. The van der Waals surface area contributed by atoms with Crippen LogP contribution in [0.25, 0.3) is 0 Å². The maximum Gasteiger partial charge on any atom is 0.416 e. The van der Waals surface area contributed by atoms with Gasteiger partial charge in [-0.1, -0.05) is 12.1 Å². The number of carbonyl (C=O) groups excluding carboxylic acids is 2. The number of alkyl halides is 3. The van der Waals surface area contributed by atoms with Gasteiger partial charge in [0.25, 0.3) is 17.5 Å². The Bertz CT molecular complexity index is 1170. The first-order valence-corrected chi connectivity index (χ1v) is 10.4. The second kappa shape index (κ2) is 10.1. The van der Waals surface area contributed by atoms with Crippen LogP contribution >= 0.6 is 11.3 Å². The highest BCUT2D eigenvalue weighted by Gasteiger charge is 2.33. The Hall–Kier alpha value is -3.93. The van der Waals surface area contributed by atoms with E-state index in [4.69, 9.17) is 0 Å². The predicted octanol–water partition coefficient (Wildman–Crippen LogP) is 4.77. The number of hydrogen-bond acceptors (Lipinski definition) is 6. The average Bonchev–Trinajstić information content (AvgIpc) is 3.31. The van der Waals surface area contributed by atoms with Crippen LogP contribution in [0.1, 0.15) is 25.6 Å². The lowest BCUT2D eigenvalue weighted by molar-refractivity contribution is -0.384. The molecule has 3 aromatic rings. The topological polar surface area (TPSA) is 113 Å². The number of benzene rings is 2. The molecule has 0 bridgehead atoms. The molecule has 0 unspecified atom stereocenters. The number of nitrogens with one attached hydrogen (secondary N) is 3. The van der Waals surface area contributed by atoms with Crippen molar-refractivity contribution in [2.24, 2.45) is 0 Å². The van der Waals surface area contributed by atoms with Gasteiger partial charge in [-0.05, 0) is 41.8 Å². The molecule has 0 aliphatic rings. The number of thiophene rings is 1. The Morgan fingerprint density at radius 2 is 1.79 bits per heavy atom. The van der Waals surface area contributed by atoms with E-state index in [-0.39, 0.29) is 30.2 Å². The van der Waals surface area contributed by atoms with Gasteiger partial charge in [-0.25, -0.2) is 0 Å². The molecule has 3 rings (SSSR count). The molecule has 1 heterocycles. The van der Waals surface area contributed by atoms with Gasteiger partial charge in [0.15, 0.2) is 0 Å². The Balaban J connectivity index is 1.56. The molecule has 2 aromatic carbocycles. The van der Waals surface area contributed by atoms with Crippen molar-refractivity contribution in [2.75, 3.05) is 23.7 Å². The van der Waals surface area contributed by atoms with Crippen LogP contribution in [0.3, 0.4) is 0 Å². The Labute approximate surface area is 189 Å². The number of anilines is 2. The molecule has 3 N–H and O–H groups in total. The number of halogens is 3. The van der Waals surface area contributed by atoms with Crippen LogP contribution in [-0.4, -0.2) is 29.8 Å². The van der Waals surface area contributed by atoms with Crippen LogP contribution in [0.4, 0.5) is 30.2 Å². The fourth-order valence-corrected chi connectivity index (χ4v) is 3.44. The minimum Gasteiger partial charge on any atom is -0.378 e. The molecule has 2 amide bonds. The van der Waals surface area contributed by atoms with E-state index in [2.05, 4.69) is 16.0 Å². The first-order valence-electron chi connectivity index (χ1n) is 9.48. The molecule has 0 radical (unpaired) electrons. The quantitative estimate of drug-likeness (QED) is 0.245. The van der Waals surface area contributed by atoms with E-state index < -0.39 is 28.3 Å². The summed E-state index contributed by atoms with van der Waals surface area (Å²) < 4.78 is 38.3. The average molecular weight is 478 g/mol. The Morgan fingerprint density at radius 1 is 1.00 bits per heavy atom. The zero-order chi connectivity index (χ0) is 24.0. The summed E-state index contributed by atoms with van der Waals surface area (Å²) in [4.78, 5) is 35.2. The van der Waals surface area contributed by atoms with E-state index in [0.29, 0.717) is 16.6 Å². The highest BCUT2D eigenvalue weighted by molar-refractivity contribution is 7.12. The van der Waals surface area contributed by atoms with Gasteiger partial charge in [-0.15, -0.1) is 11.3 Å². The third-order valence-corrected chi connectivity index (χ3v) is 5.24. The number of carbonyl (C=O) groups is 2. The van der Waals surface area contributed by atoms with Crippen LogP contribution in [0, 0.1) is 10.1 Å². The molecule has 8 nitrogen and oxygen atoms in total. The van der Waals surface area contributed by atoms with Crippen molar-refractivity contribution < 1.29 is 27.7 Å². The summed E-state index contributed by atoms with van der Waals surface area (Å²) in [6.07, 6.45) is -4.70. The van der Waals surface area contributed by atoms with Gasteiger partial charge in [-0.2, -0.15) is 13.2 Å². The summed E-state index contributed by atoms with van der Waals surface area (Å²) in [7, 11) is 0. The first kappa shape index (κ1) is 23.7. The summed E-state index contributed by atoms with van der Waals surface area (Å²) >= 11 is 1.28. The minimum atomic E-state index is -4.70. The van der Waals surface area contributed by atoms with Crippen molar-refractivity contribution >= 4 is 40.2 Å². The van der Waals surface area contributed by atoms with Crippen molar-refractivity contribution in [3.05, 3.63) is 86.1 Å². The standard InChI is InChI=1S/C21H17F3N4O4S/c22-21(23,24)14-6-7-16(17(12-14)28(31)32)25-8-9-26-19(29)13-3-1-4-15(11-13)27-20(30)18-5-2-10-33-18/h1-7,10-12,25H,8-9H2,(H,26,29)(H,27,30). The summed E-state index contributed by atoms with van der Waals surface area (Å²) in [5.74, 6) is -0.754. The number of hydrogen-bond donors (Lipinski definition) is 3. The lowest BCUT2D eigenvalue weighted by atomic mass is 10.1. The first-order chi connectivity index (χ1) is 15.6. The van der Waals surface area contributed by atoms with Crippen molar-refractivity contribution in [2.45, 2.75) is 6.18 Å². The van der Waals surface area contributed by atoms with Gasteiger partial charge in [0.1, 0.15) is 5.69 Å². The second-order valence-electron chi connectivity index (χ2n) is 6.68. The van der Waals surface area contributed by atoms with Crippen molar-refractivity contribution in [1.29, 1.82) is 0 Å². The van der Waals surface area contributed by atoms with Gasteiger partial charge in [0.2, 0.25) is 0 Å². The molecule has 0 aliphatic heterocycles. The number of nitro benzene ring substituents is 1. The van der Waals surface area contributed by atoms with Crippen LogP contribution in [0.2, 0.25) is 0 Å². The molecule has 0 atom stereocenters. The maximum absolute atomic E-state index is 12.8. The number of amides is 2. The molecular formula is C21H17F3N4O4S. The van der Waals surface area contributed by atoms with Gasteiger partial charge in [-0.3, -0.25) is 19.7 Å². The predicted molar refractivity (Wildman–Crippen MR) is 118 cm³/mol. The fraction of sp³-hybridized carbons (Fsp3) is 0.143. The number of nitro groups is 1. The van der Waals surface area contributed by atoms with Crippen LogP contribution in [0.15, 0.2) is 60.0 Å². The summed E-state index contributed by atoms with van der Waals surface area (Å²) in [6, 6.07) is 11.9. The van der Waals surface area contributed by atoms with E-state index >= 15 is 0 Å². The molecule has 0 saturated heterocycles. The van der Waals surface area contributed by atoms with E-state index in [1.54, 1.807) is 35.7 Å². The van der Waals surface area contributed by atoms with Crippen molar-refractivity contribution in [3.8, 4) is 0 Å². The van der Waals surface area contributed by atoms with Gasteiger partial charge >= 0.3 is 6.18 Å². The minimum absolute atomic E-state index is 0.0345. The van der Waals surface area contributed by atoms with E-state index in [9.17, 15) is 32.9 Å². The van der Waals surface area contributed by atoms with Crippen molar-refractivity contribution in [3.63, 3.8) is 0 Å². The monoisotopic (exact) mass is 478 g/mol. The largest absolute Gasteiger partial charge is 0.416 e. The lowest BCUT2D eigenvalue weighted by Gasteiger charge is -2.11. The van der Waals surface area contributed by atoms with Gasteiger partial charge in [0.05, 0.1) is 15.4 Å². The molecular weight excluding hydrogens is 461 g/mol. The van der Waals surface area contributed by atoms with Gasteiger partial charge < -0.3 is 16.0 Å². The summed E-state index contributed by atoms with van der Waals surface area (Å²) in [6.45, 7) is 0.0789. The van der Waals surface area contributed by atoms with Crippen LogP contribution < -0.4 is 16.0 Å². The molecule has 172 valence electrons. The highest BCUT2D eigenvalue weighted by atomic mass is 32.1. The summed E-state index contributed by atoms with van der Waals surface area (Å²) in [5.41, 5.74) is -1.23. The third-order valence-electron chi connectivity index (χ3n) is 4.38. The fourth-order valence-electron chi connectivity index (χ4n) is 2.82. The number of rotatable bonds is 8. The molecule has 1 aromatic heterocycles. The van der Waals surface area contributed by atoms with E-state index in [1.165, 1.54) is 17.4 Å². The number of nitrogens with zero attached hydrogens (tertiary/aromatic N) is 1. The Kier molecular flexibility index (Phi) is 7.28. The molecule has 12 heteroatoms. The van der Waals surface area contributed by atoms with Crippen LogP contribution in [-0.2, 0) is 6.18 Å². The van der Waals surface area contributed by atoms with E-state index in [0.717, 1.165) is 12.1 Å². The molecule has 0 saturated carbocycles. The third kappa shape index (κ3) is 6.29. The summed E-state index contributed by atoms with van der Waals surface area (Å²) in [5, 5.41) is 20.8. The second-order valence-corrected chi connectivity index (χ2v) is 7.63. The zero-order valence-corrected chi connectivity index (χ0v) is 17.6.